The first-order valence-electron chi connectivity index (χ1n) is 11.9. The van der Waals surface area contributed by atoms with Crippen LogP contribution in [0.1, 0.15) is 77.2 Å². The van der Waals surface area contributed by atoms with E-state index < -0.39 is 5.97 Å². The predicted octanol–water partition coefficient (Wildman–Crippen LogP) is 5.01. The van der Waals surface area contributed by atoms with E-state index in [2.05, 4.69) is 46.5 Å². The normalized spacial score (nSPS) is 16.9. The number of aryl methyl sites for hydroxylation is 2. The van der Waals surface area contributed by atoms with E-state index in [0.717, 1.165) is 47.2 Å². The third-order valence-electron chi connectivity index (χ3n) is 6.82. The second-order valence-electron chi connectivity index (χ2n) is 9.30. The van der Waals surface area contributed by atoms with Crippen LogP contribution in [0.25, 0.3) is 5.57 Å². The zero-order valence-electron chi connectivity index (χ0n) is 18.7. The van der Waals surface area contributed by atoms with Crippen LogP contribution in [0.4, 0.5) is 0 Å². The summed E-state index contributed by atoms with van der Waals surface area (Å²) in [5.41, 5.74) is 5.42. The molecule has 2 fully saturated rings. The van der Waals surface area contributed by atoms with Crippen LogP contribution in [0.3, 0.4) is 0 Å². The molecule has 0 radical (unpaired) electrons. The Labute approximate surface area is 193 Å². The van der Waals surface area contributed by atoms with Gasteiger partial charge in [-0.2, -0.15) is 5.10 Å². The lowest BCUT2D eigenvalue weighted by Gasteiger charge is -2.13. The van der Waals surface area contributed by atoms with Crippen LogP contribution in [0.15, 0.2) is 59.7 Å². The maximum absolute atomic E-state index is 12.7. The fourth-order valence-corrected chi connectivity index (χ4v) is 4.75. The van der Waals surface area contributed by atoms with Crippen LogP contribution < -0.4 is 5.56 Å². The zero-order chi connectivity index (χ0) is 22.8. The van der Waals surface area contributed by atoms with Gasteiger partial charge >= 0.3 is 5.97 Å². The molecule has 0 atom stereocenters. The number of hydrogen-bond donors (Lipinski definition) is 2. The number of carboxylic acids is 1. The van der Waals surface area contributed by atoms with Crippen molar-refractivity contribution in [3.05, 3.63) is 93.2 Å². The number of carboxylic acid groups (broad SMARTS) is 1. The Hall–Kier alpha value is -3.41. The first-order valence-corrected chi connectivity index (χ1v) is 11.9. The molecule has 6 heteroatoms. The summed E-state index contributed by atoms with van der Waals surface area (Å²) in [6, 6.07) is 12.5. The van der Waals surface area contributed by atoms with Crippen LogP contribution >= 0.6 is 0 Å². The molecule has 5 rings (SSSR count). The number of nitrogens with zero attached hydrogens (tertiary/aromatic N) is 2. The Morgan fingerprint density at radius 1 is 1.06 bits per heavy atom. The van der Waals surface area contributed by atoms with Crippen LogP contribution in [-0.2, 0) is 13.0 Å². The van der Waals surface area contributed by atoms with E-state index in [-0.39, 0.29) is 11.1 Å². The van der Waals surface area contributed by atoms with Crippen LogP contribution in [-0.4, -0.2) is 25.8 Å². The van der Waals surface area contributed by atoms with E-state index in [1.807, 2.05) is 6.07 Å². The standard InChI is InChI=1S/C27H29N3O3/c31-26-23(20-9-10-20)11-12-25(29-26)24(15-19-3-1-2-4-19)21-7-5-18(6-8-21)13-14-30-17-22(16-28-30)27(32)33/h5-8,11-12,15-17,19-20H,1-4,9-10,13-14H2,(H,29,31)(H,32,33)/b24-15+. The summed E-state index contributed by atoms with van der Waals surface area (Å²) in [6.45, 7) is 0.618. The minimum absolute atomic E-state index is 0.0453. The fourth-order valence-electron chi connectivity index (χ4n) is 4.75. The number of H-pyrrole nitrogens is 1. The van der Waals surface area contributed by atoms with E-state index in [1.165, 1.54) is 31.9 Å². The van der Waals surface area contributed by atoms with Gasteiger partial charge in [0.05, 0.1) is 11.8 Å². The highest BCUT2D eigenvalue weighted by Gasteiger charge is 2.26. The van der Waals surface area contributed by atoms with Gasteiger partial charge in [-0.1, -0.05) is 49.2 Å². The second kappa shape index (κ2) is 9.22. The fraction of sp³-hybridized carbons (Fsp3) is 0.370. The highest BCUT2D eigenvalue weighted by molar-refractivity contribution is 5.86. The van der Waals surface area contributed by atoms with Crippen molar-refractivity contribution in [3.8, 4) is 0 Å². The number of rotatable bonds is 8. The maximum atomic E-state index is 12.7. The molecule has 2 aliphatic carbocycles. The van der Waals surface area contributed by atoms with Gasteiger partial charge in [-0.25, -0.2) is 4.79 Å². The highest BCUT2D eigenvalue weighted by atomic mass is 16.4. The van der Waals surface area contributed by atoms with Crippen molar-refractivity contribution in [2.45, 2.75) is 57.4 Å². The number of benzene rings is 1. The molecule has 3 aromatic rings. The third-order valence-corrected chi connectivity index (χ3v) is 6.82. The number of aromatic nitrogens is 3. The first kappa shape index (κ1) is 21.4. The molecule has 0 bridgehead atoms. The number of allylic oxidation sites excluding steroid dienone is 1. The summed E-state index contributed by atoms with van der Waals surface area (Å²) in [5.74, 6) is 0.0237. The Morgan fingerprint density at radius 2 is 1.82 bits per heavy atom. The van der Waals surface area contributed by atoms with Crippen molar-refractivity contribution >= 4 is 11.5 Å². The second-order valence-corrected chi connectivity index (χ2v) is 9.30. The molecule has 0 saturated heterocycles. The van der Waals surface area contributed by atoms with Crippen molar-refractivity contribution in [1.82, 2.24) is 14.8 Å². The monoisotopic (exact) mass is 443 g/mol. The molecule has 0 unspecified atom stereocenters. The molecule has 2 heterocycles. The predicted molar refractivity (Wildman–Crippen MR) is 127 cm³/mol. The van der Waals surface area contributed by atoms with E-state index >= 15 is 0 Å². The summed E-state index contributed by atoms with van der Waals surface area (Å²) in [7, 11) is 0. The summed E-state index contributed by atoms with van der Waals surface area (Å²) in [5, 5.41) is 13.2. The number of nitrogens with one attached hydrogen (secondary N) is 1. The first-order chi connectivity index (χ1) is 16.1. The summed E-state index contributed by atoms with van der Waals surface area (Å²) < 4.78 is 1.66. The van der Waals surface area contributed by atoms with Crippen molar-refractivity contribution in [2.24, 2.45) is 5.92 Å². The van der Waals surface area contributed by atoms with Gasteiger partial charge < -0.3 is 10.1 Å². The summed E-state index contributed by atoms with van der Waals surface area (Å²) in [6.07, 6.45) is 13.2. The molecule has 1 aromatic carbocycles. The molecule has 0 aliphatic heterocycles. The summed E-state index contributed by atoms with van der Waals surface area (Å²) >= 11 is 0. The molecule has 2 aromatic heterocycles. The van der Waals surface area contributed by atoms with E-state index in [4.69, 9.17) is 5.11 Å². The van der Waals surface area contributed by atoms with Gasteiger partial charge in [0.2, 0.25) is 0 Å². The highest BCUT2D eigenvalue weighted by Crippen LogP contribution is 2.38. The van der Waals surface area contributed by atoms with Gasteiger partial charge in [0.15, 0.2) is 0 Å². The largest absolute Gasteiger partial charge is 0.478 e. The number of aromatic carboxylic acids is 1. The van der Waals surface area contributed by atoms with Gasteiger partial charge in [-0.3, -0.25) is 9.48 Å². The minimum atomic E-state index is -0.963. The van der Waals surface area contributed by atoms with Crippen LogP contribution in [0.2, 0.25) is 0 Å². The van der Waals surface area contributed by atoms with Crippen molar-refractivity contribution in [2.75, 3.05) is 0 Å². The maximum Gasteiger partial charge on any atom is 0.338 e. The molecule has 6 nitrogen and oxygen atoms in total. The van der Waals surface area contributed by atoms with Crippen LogP contribution in [0, 0.1) is 5.92 Å². The Balaban J connectivity index is 1.36. The average Bonchev–Trinajstić information content (AvgIpc) is 3.31. The molecule has 33 heavy (non-hydrogen) atoms. The smallest absolute Gasteiger partial charge is 0.338 e. The van der Waals surface area contributed by atoms with Crippen molar-refractivity contribution in [3.63, 3.8) is 0 Å². The van der Waals surface area contributed by atoms with Crippen LogP contribution in [0.5, 0.6) is 0 Å². The van der Waals surface area contributed by atoms with Crippen molar-refractivity contribution < 1.29 is 9.90 Å². The average molecular weight is 444 g/mol. The lowest BCUT2D eigenvalue weighted by molar-refractivity contribution is 0.0696. The van der Waals surface area contributed by atoms with E-state index in [9.17, 15) is 9.59 Å². The van der Waals surface area contributed by atoms with Crippen molar-refractivity contribution in [1.29, 1.82) is 0 Å². The SMILES string of the molecule is O=C(O)c1cnn(CCc2ccc(/C(=C\C3CCCC3)c3ccc(C4CC4)c(=O)[nH]3)cc2)c1. The van der Waals surface area contributed by atoms with Gasteiger partial charge in [0.1, 0.15) is 0 Å². The van der Waals surface area contributed by atoms with E-state index in [0.29, 0.717) is 18.4 Å². The molecule has 2 aliphatic rings. The minimum Gasteiger partial charge on any atom is -0.478 e. The third kappa shape index (κ3) is 5.00. The molecule has 0 spiro atoms. The Kier molecular flexibility index (Phi) is 5.99. The molecule has 0 amide bonds. The molecular formula is C27H29N3O3. The zero-order valence-corrected chi connectivity index (χ0v) is 18.7. The molecule has 170 valence electrons. The van der Waals surface area contributed by atoms with Gasteiger partial charge in [0, 0.05) is 29.6 Å². The van der Waals surface area contributed by atoms with Gasteiger partial charge in [0.25, 0.3) is 5.56 Å². The number of hydrogen-bond acceptors (Lipinski definition) is 3. The Bertz CT molecular complexity index is 1230. The number of carbonyl (C=O) groups is 1. The number of aromatic amines is 1. The Morgan fingerprint density at radius 3 is 2.45 bits per heavy atom. The lowest BCUT2D eigenvalue weighted by atomic mass is 9.94. The topological polar surface area (TPSA) is 88.0 Å². The molecular weight excluding hydrogens is 414 g/mol. The number of pyridine rings is 1. The lowest BCUT2D eigenvalue weighted by Crippen LogP contribution is -2.13. The molecule has 2 saturated carbocycles. The van der Waals surface area contributed by atoms with E-state index in [1.54, 1.807) is 10.9 Å². The van der Waals surface area contributed by atoms with Gasteiger partial charge in [-0.05, 0) is 61.1 Å². The van der Waals surface area contributed by atoms with Gasteiger partial charge in [-0.15, -0.1) is 0 Å². The quantitative estimate of drug-likeness (QED) is 0.512. The molecule has 2 N–H and O–H groups in total. The summed E-state index contributed by atoms with van der Waals surface area (Å²) in [4.78, 5) is 26.9.